The Labute approximate surface area is 117 Å². The quantitative estimate of drug-likeness (QED) is 0.894. The van der Waals surface area contributed by atoms with E-state index in [2.05, 4.69) is 15.6 Å². The first kappa shape index (κ1) is 13.0. The lowest BCUT2D eigenvalue weighted by Crippen LogP contribution is -2.35. The number of carbonyl (C=O) groups is 1. The highest BCUT2D eigenvalue weighted by Gasteiger charge is 2.28. The van der Waals surface area contributed by atoms with E-state index in [0.29, 0.717) is 5.92 Å². The highest BCUT2D eigenvalue weighted by Crippen LogP contribution is 2.40. The molecule has 2 aromatic rings. The summed E-state index contributed by atoms with van der Waals surface area (Å²) < 4.78 is 5.69. The number of oxazole rings is 1. The first-order chi connectivity index (χ1) is 9.65. The topological polar surface area (TPSA) is 67.2 Å². The van der Waals surface area contributed by atoms with Crippen molar-refractivity contribution in [3.63, 3.8) is 0 Å². The van der Waals surface area contributed by atoms with Gasteiger partial charge in [-0.05, 0) is 44.4 Å². The zero-order valence-electron chi connectivity index (χ0n) is 11.8. The fourth-order valence-corrected chi connectivity index (χ4v) is 2.02. The molecular formula is C15H19N3O2. The molecule has 1 aliphatic carbocycles. The number of amides is 2. The molecule has 1 unspecified atom stereocenters. The highest BCUT2D eigenvalue weighted by molar-refractivity contribution is 5.91. The first-order valence-corrected chi connectivity index (χ1v) is 7.13. The van der Waals surface area contributed by atoms with E-state index in [9.17, 15) is 4.79 Å². The van der Waals surface area contributed by atoms with Crippen molar-refractivity contribution in [1.82, 2.24) is 10.3 Å². The number of fused-ring (bicyclic) bond motifs is 1. The van der Waals surface area contributed by atoms with Crippen LogP contribution in [-0.4, -0.2) is 17.1 Å². The number of hydrogen-bond donors (Lipinski definition) is 2. The van der Waals surface area contributed by atoms with Crippen LogP contribution < -0.4 is 10.6 Å². The lowest BCUT2D eigenvalue weighted by molar-refractivity contribution is 0.249. The van der Waals surface area contributed by atoms with Crippen LogP contribution in [-0.2, 0) is 0 Å². The summed E-state index contributed by atoms with van der Waals surface area (Å²) in [6.07, 6.45) is 3.23. The van der Waals surface area contributed by atoms with Gasteiger partial charge in [-0.1, -0.05) is 6.92 Å². The van der Waals surface area contributed by atoms with Crippen molar-refractivity contribution < 1.29 is 9.21 Å². The molecule has 20 heavy (non-hydrogen) atoms. The Kier molecular flexibility index (Phi) is 3.34. The molecule has 2 N–H and O–H groups in total. The second-order valence-corrected chi connectivity index (χ2v) is 5.42. The van der Waals surface area contributed by atoms with Crippen LogP contribution in [0.2, 0.25) is 0 Å². The Hall–Kier alpha value is -2.04. The molecule has 2 amide bonds. The van der Waals surface area contributed by atoms with Crippen molar-refractivity contribution in [2.45, 2.75) is 45.1 Å². The molecule has 106 valence electrons. The lowest BCUT2D eigenvalue weighted by atomic mass is 10.2. The summed E-state index contributed by atoms with van der Waals surface area (Å²) in [5, 5.41) is 5.69. The van der Waals surface area contributed by atoms with E-state index >= 15 is 0 Å². The largest absolute Gasteiger partial charge is 0.440 e. The number of nitrogens with zero attached hydrogens (tertiary/aromatic N) is 1. The summed E-state index contributed by atoms with van der Waals surface area (Å²) in [4.78, 5) is 16.3. The third-order valence-corrected chi connectivity index (χ3v) is 3.58. The highest BCUT2D eigenvalue weighted by atomic mass is 16.3. The molecule has 1 aromatic carbocycles. The number of hydrogen-bond acceptors (Lipinski definition) is 3. The normalized spacial score (nSPS) is 16.1. The smallest absolute Gasteiger partial charge is 0.319 e. The van der Waals surface area contributed by atoms with Gasteiger partial charge in [0, 0.05) is 17.6 Å². The third kappa shape index (κ3) is 2.76. The van der Waals surface area contributed by atoms with Crippen molar-refractivity contribution >= 4 is 22.8 Å². The van der Waals surface area contributed by atoms with E-state index in [1.54, 1.807) is 0 Å². The number of anilines is 1. The SMILES string of the molecule is CCC(C)NC(=O)Nc1ccc2oc(C3CC3)nc2c1. The first-order valence-electron chi connectivity index (χ1n) is 7.13. The second kappa shape index (κ2) is 5.15. The Morgan fingerprint density at radius 3 is 3.00 bits per heavy atom. The fourth-order valence-electron chi connectivity index (χ4n) is 2.02. The zero-order valence-corrected chi connectivity index (χ0v) is 11.8. The molecule has 1 heterocycles. The standard InChI is InChI=1S/C15H19N3O2/c1-3-9(2)16-15(19)17-11-6-7-13-12(8-11)18-14(20-13)10-4-5-10/h6-10H,3-5H2,1-2H3,(H2,16,17,19). The summed E-state index contributed by atoms with van der Waals surface area (Å²) in [5.74, 6) is 1.31. The molecule has 1 fully saturated rings. The van der Waals surface area contributed by atoms with Gasteiger partial charge in [-0.3, -0.25) is 0 Å². The van der Waals surface area contributed by atoms with Crippen molar-refractivity contribution in [3.05, 3.63) is 24.1 Å². The minimum Gasteiger partial charge on any atom is -0.440 e. The molecule has 0 bridgehead atoms. The molecule has 0 aliphatic heterocycles. The Morgan fingerprint density at radius 2 is 2.30 bits per heavy atom. The minimum atomic E-state index is -0.190. The second-order valence-electron chi connectivity index (χ2n) is 5.42. The molecule has 5 nitrogen and oxygen atoms in total. The molecule has 3 rings (SSSR count). The molecule has 1 saturated carbocycles. The monoisotopic (exact) mass is 273 g/mol. The van der Waals surface area contributed by atoms with Gasteiger partial charge in [-0.25, -0.2) is 9.78 Å². The lowest BCUT2D eigenvalue weighted by Gasteiger charge is -2.12. The molecule has 1 atom stereocenters. The van der Waals surface area contributed by atoms with E-state index in [0.717, 1.165) is 41.9 Å². The van der Waals surface area contributed by atoms with Gasteiger partial charge in [-0.2, -0.15) is 0 Å². The number of rotatable bonds is 4. The summed E-state index contributed by atoms with van der Waals surface area (Å²) in [7, 11) is 0. The van der Waals surface area contributed by atoms with Crippen LogP contribution >= 0.6 is 0 Å². The van der Waals surface area contributed by atoms with Crippen LogP contribution in [0, 0.1) is 0 Å². The maximum absolute atomic E-state index is 11.8. The average molecular weight is 273 g/mol. The maximum atomic E-state index is 11.8. The predicted molar refractivity (Wildman–Crippen MR) is 77.9 cm³/mol. The maximum Gasteiger partial charge on any atom is 0.319 e. The van der Waals surface area contributed by atoms with Crippen LogP contribution in [0.3, 0.4) is 0 Å². The van der Waals surface area contributed by atoms with Crippen molar-refractivity contribution in [3.8, 4) is 0 Å². The number of urea groups is 1. The van der Waals surface area contributed by atoms with Crippen LogP contribution in [0.4, 0.5) is 10.5 Å². The number of carbonyl (C=O) groups excluding carboxylic acids is 1. The van der Waals surface area contributed by atoms with Crippen molar-refractivity contribution in [1.29, 1.82) is 0 Å². The van der Waals surface area contributed by atoms with Gasteiger partial charge in [0.25, 0.3) is 0 Å². The summed E-state index contributed by atoms with van der Waals surface area (Å²) in [5.41, 5.74) is 2.31. The fraction of sp³-hybridized carbons (Fsp3) is 0.467. The van der Waals surface area contributed by atoms with E-state index in [4.69, 9.17) is 4.42 Å². The van der Waals surface area contributed by atoms with Gasteiger partial charge in [-0.15, -0.1) is 0 Å². The average Bonchev–Trinajstić information content (AvgIpc) is 3.18. The van der Waals surface area contributed by atoms with Crippen molar-refractivity contribution in [2.24, 2.45) is 0 Å². The van der Waals surface area contributed by atoms with Gasteiger partial charge in [0.1, 0.15) is 5.52 Å². The van der Waals surface area contributed by atoms with Crippen LogP contribution in [0.25, 0.3) is 11.1 Å². The molecule has 0 radical (unpaired) electrons. The van der Waals surface area contributed by atoms with Gasteiger partial charge in [0.05, 0.1) is 0 Å². The summed E-state index contributed by atoms with van der Waals surface area (Å²) >= 11 is 0. The Bertz CT molecular complexity index is 631. The zero-order chi connectivity index (χ0) is 14.1. The summed E-state index contributed by atoms with van der Waals surface area (Å²) in [6.45, 7) is 4.01. The van der Waals surface area contributed by atoms with Gasteiger partial charge < -0.3 is 15.1 Å². The van der Waals surface area contributed by atoms with Gasteiger partial charge >= 0.3 is 6.03 Å². The summed E-state index contributed by atoms with van der Waals surface area (Å²) in [6, 6.07) is 5.51. The molecular weight excluding hydrogens is 254 g/mol. The Morgan fingerprint density at radius 1 is 1.50 bits per heavy atom. The van der Waals surface area contributed by atoms with Crippen LogP contribution in [0.1, 0.15) is 44.9 Å². The van der Waals surface area contributed by atoms with E-state index in [1.807, 2.05) is 32.0 Å². The van der Waals surface area contributed by atoms with Crippen LogP contribution in [0.5, 0.6) is 0 Å². The molecule has 5 heteroatoms. The number of aromatic nitrogens is 1. The number of nitrogens with one attached hydrogen (secondary N) is 2. The third-order valence-electron chi connectivity index (χ3n) is 3.58. The van der Waals surface area contributed by atoms with Crippen LogP contribution in [0.15, 0.2) is 22.6 Å². The molecule has 0 saturated heterocycles. The van der Waals surface area contributed by atoms with E-state index in [1.165, 1.54) is 0 Å². The predicted octanol–water partition coefficient (Wildman–Crippen LogP) is 3.63. The molecule has 1 aromatic heterocycles. The molecule has 0 spiro atoms. The minimum absolute atomic E-state index is 0.159. The Balaban J connectivity index is 1.73. The van der Waals surface area contributed by atoms with Gasteiger partial charge in [0.2, 0.25) is 0 Å². The molecule has 1 aliphatic rings. The van der Waals surface area contributed by atoms with E-state index < -0.39 is 0 Å². The van der Waals surface area contributed by atoms with Crippen molar-refractivity contribution in [2.75, 3.05) is 5.32 Å². The number of benzene rings is 1. The van der Waals surface area contributed by atoms with Gasteiger partial charge in [0.15, 0.2) is 11.5 Å². The van der Waals surface area contributed by atoms with E-state index in [-0.39, 0.29) is 12.1 Å².